The normalized spacial score (nSPS) is 24.6. The zero-order valence-electron chi connectivity index (χ0n) is 41.3. The van der Waals surface area contributed by atoms with Gasteiger partial charge in [0, 0.05) is 28.5 Å². The highest BCUT2D eigenvalue weighted by Gasteiger charge is 2.58. The molecule has 6 bridgehead atoms. The van der Waals surface area contributed by atoms with Crippen LogP contribution in [0.5, 0.6) is 5.75 Å². The highest BCUT2D eigenvalue weighted by atomic mass is 16.3. The van der Waals surface area contributed by atoms with Crippen LogP contribution in [0.25, 0.3) is 72.7 Å². The topological polar surface area (TPSA) is 50.9 Å². The van der Waals surface area contributed by atoms with Crippen LogP contribution in [0.3, 0.4) is 0 Å². The SMILES string of the molecule is CC(C)(C)c1ccc(-n2c(-c3cc(C45CC(C4)C5)cc(C(C)(C)C)c3O)nc3c(-c4cc(-c5cc(-c6ccccc6)ccn5)cc(C56CC7CC(CC(C7)C5)C6)c4)cccc32)c(-c2ccccc2)c1. The van der Waals surface area contributed by atoms with Crippen LogP contribution in [0, 0.1) is 23.7 Å². The number of para-hydroxylation sites is 1. The van der Waals surface area contributed by atoms with Gasteiger partial charge < -0.3 is 5.11 Å². The van der Waals surface area contributed by atoms with Gasteiger partial charge in [0.15, 0.2) is 0 Å². The summed E-state index contributed by atoms with van der Waals surface area (Å²) in [6.07, 6.45) is 13.7. The summed E-state index contributed by atoms with van der Waals surface area (Å²) < 4.78 is 2.38. The number of fused-ring (bicyclic) bond motifs is 1. The second-order valence-electron chi connectivity index (χ2n) is 24.5. The molecule has 4 nitrogen and oxygen atoms in total. The van der Waals surface area contributed by atoms with Crippen molar-refractivity contribution in [3.63, 3.8) is 0 Å². The summed E-state index contributed by atoms with van der Waals surface area (Å²) >= 11 is 0. The van der Waals surface area contributed by atoms with Crippen LogP contribution in [0.15, 0.2) is 146 Å². The number of rotatable bonds is 8. The molecule has 0 aliphatic heterocycles. The molecule has 7 aliphatic carbocycles. The Morgan fingerprint density at radius 3 is 1.75 bits per heavy atom. The largest absolute Gasteiger partial charge is 0.507 e. The fourth-order valence-electron chi connectivity index (χ4n) is 14.4. The van der Waals surface area contributed by atoms with Gasteiger partial charge in [-0.05, 0) is 191 Å². The third kappa shape index (κ3) is 7.05. The van der Waals surface area contributed by atoms with Crippen molar-refractivity contribution in [2.24, 2.45) is 23.7 Å². The van der Waals surface area contributed by atoms with Gasteiger partial charge in [-0.15, -0.1) is 0 Å². The van der Waals surface area contributed by atoms with E-state index in [0.717, 1.165) is 85.3 Å². The molecule has 0 radical (unpaired) electrons. The first-order valence-corrected chi connectivity index (χ1v) is 26.0. The lowest BCUT2D eigenvalue weighted by molar-refractivity contribution is -0.0274. The maximum atomic E-state index is 12.8. The van der Waals surface area contributed by atoms with Gasteiger partial charge in [0.25, 0.3) is 0 Å². The Morgan fingerprint density at radius 1 is 0.507 bits per heavy atom. The number of aromatic hydroxyl groups is 1. The molecule has 2 aromatic heterocycles. The van der Waals surface area contributed by atoms with E-state index < -0.39 is 0 Å². The molecule has 4 heteroatoms. The van der Waals surface area contributed by atoms with Crippen molar-refractivity contribution in [1.29, 1.82) is 0 Å². The first-order valence-electron chi connectivity index (χ1n) is 26.0. The number of nitrogens with zero attached hydrogens (tertiary/aromatic N) is 3. The summed E-state index contributed by atoms with van der Waals surface area (Å²) in [6.45, 7) is 13.6. The maximum Gasteiger partial charge on any atom is 0.149 e. The predicted molar refractivity (Wildman–Crippen MR) is 284 cm³/mol. The summed E-state index contributed by atoms with van der Waals surface area (Å²) in [5.74, 6) is 4.40. The smallest absolute Gasteiger partial charge is 0.149 e. The zero-order chi connectivity index (χ0) is 47.0. The second-order valence-corrected chi connectivity index (χ2v) is 24.5. The lowest BCUT2D eigenvalue weighted by Gasteiger charge is -2.62. The van der Waals surface area contributed by atoms with Crippen molar-refractivity contribution >= 4 is 11.0 Å². The van der Waals surface area contributed by atoms with Gasteiger partial charge in [-0.2, -0.15) is 0 Å². The van der Waals surface area contributed by atoms with Gasteiger partial charge in [0.2, 0.25) is 0 Å². The molecule has 346 valence electrons. The van der Waals surface area contributed by atoms with E-state index in [0.29, 0.717) is 5.75 Å². The van der Waals surface area contributed by atoms with Gasteiger partial charge in [0.1, 0.15) is 11.6 Å². The van der Waals surface area contributed by atoms with E-state index >= 15 is 0 Å². The van der Waals surface area contributed by atoms with Gasteiger partial charge >= 0.3 is 0 Å². The number of aromatic nitrogens is 3. The number of pyridine rings is 1. The Balaban J connectivity index is 1.08. The first kappa shape index (κ1) is 42.8. The Morgan fingerprint density at radius 2 is 1.13 bits per heavy atom. The molecule has 0 saturated heterocycles. The van der Waals surface area contributed by atoms with Crippen LogP contribution in [0.1, 0.15) is 122 Å². The average molecular weight is 904 g/mol. The molecule has 0 atom stereocenters. The molecule has 8 aromatic rings. The molecule has 0 spiro atoms. The lowest BCUT2D eigenvalue weighted by Crippen LogP contribution is -2.55. The van der Waals surface area contributed by atoms with Crippen molar-refractivity contribution in [3.8, 4) is 67.5 Å². The molecule has 1 N–H and O–H groups in total. The van der Waals surface area contributed by atoms with Crippen LogP contribution >= 0.6 is 0 Å². The molecule has 69 heavy (non-hydrogen) atoms. The van der Waals surface area contributed by atoms with E-state index in [4.69, 9.17) is 9.97 Å². The zero-order valence-corrected chi connectivity index (χ0v) is 41.3. The minimum atomic E-state index is -0.274. The van der Waals surface area contributed by atoms with Crippen molar-refractivity contribution in [3.05, 3.63) is 168 Å². The summed E-state index contributed by atoms with van der Waals surface area (Å²) in [4.78, 5) is 11.0. The maximum absolute atomic E-state index is 12.8. The molecule has 2 heterocycles. The quantitative estimate of drug-likeness (QED) is 0.165. The molecule has 7 fully saturated rings. The molecule has 15 rings (SSSR count). The molecular formula is C65H65N3O. The monoisotopic (exact) mass is 904 g/mol. The molecule has 7 saturated carbocycles. The number of phenolic OH excluding ortho intramolecular Hbond substituents is 1. The summed E-state index contributed by atoms with van der Waals surface area (Å²) in [5.41, 5.74) is 18.1. The highest BCUT2D eigenvalue weighted by Crippen LogP contribution is 2.66. The minimum Gasteiger partial charge on any atom is -0.507 e. The van der Waals surface area contributed by atoms with Crippen LogP contribution in [-0.4, -0.2) is 19.6 Å². The number of hydrogen-bond acceptors (Lipinski definition) is 3. The molecule has 0 amide bonds. The standard InChI is InChI=1S/C65H65N3O/c1-62(2,3)49-20-21-57(53(31-49)45-16-11-8-12-17-45)68-58-19-13-18-52(59(58)67-61(68)54-32-51(65-37-43(38-65)39-65)33-55(60(54)69)63(4,5)6)47-27-48(56-30-46(22-23-66-56)44-14-9-7-10-15-44)29-50(28-47)64-34-40-24-41(35-64)26-42(25-40)36-64/h7-23,27-33,40-43,69H,24-26,34-39H2,1-6H3. The second kappa shape index (κ2) is 15.4. The third-order valence-electron chi connectivity index (χ3n) is 17.7. The van der Waals surface area contributed by atoms with Gasteiger partial charge in [-0.1, -0.05) is 133 Å². The van der Waals surface area contributed by atoms with Crippen LogP contribution in [-0.2, 0) is 21.7 Å². The van der Waals surface area contributed by atoms with E-state index in [-0.39, 0.29) is 21.7 Å². The Hall–Kier alpha value is -6.26. The van der Waals surface area contributed by atoms with Crippen LogP contribution < -0.4 is 0 Å². The number of imidazole rings is 1. The van der Waals surface area contributed by atoms with Crippen molar-refractivity contribution < 1.29 is 5.11 Å². The van der Waals surface area contributed by atoms with Crippen molar-refractivity contribution in [2.75, 3.05) is 0 Å². The fraction of sp³-hybridized carbons (Fsp3) is 0.354. The predicted octanol–water partition coefficient (Wildman–Crippen LogP) is 16.6. The Bertz CT molecular complexity index is 3270. The van der Waals surface area contributed by atoms with Gasteiger partial charge in [-0.3, -0.25) is 9.55 Å². The Labute approximate surface area is 408 Å². The summed E-state index contributed by atoms with van der Waals surface area (Å²) in [7, 11) is 0. The fourth-order valence-corrected chi connectivity index (χ4v) is 14.4. The summed E-state index contributed by atoms with van der Waals surface area (Å²) in [6, 6.07) is 51.9. The first-order chi connectivity index (χ1) is 33.2. The molecule has 7 aliphatic rings. The van der Waals surface area contributed by atoms with E-state index in [2.05, 4.69) is 186 Å². The van der Waals surface area contributed by atoms with E-state index in [1.165, 1.54) is 91.2 Å². The number of phenols is 1. The van der Waals surface area contributed by atoms with Crippen molar-refractivity contribution in [1.82, 2.24) is 14.5 Å². The molecular weight excluding hydrogens is 839 g/mol. The summed E-state index contributed by atoms with van der Waals surface area (Å²) in [5, 5.41) is 12.8. The van der Waals surface area contributed by atoms with E-state index in [1.54, 1.807) is 0 Å². The number of benzene rings is 6. The minimum absolute atomic E-state index is 0.0547. The molecule has 6 aromatic carbocycles. The Kier molecular flexibility index (Phi) is 9.54. The average Bonchev–Trinajstić information content (AvgIpc) is 3.70. The third-order valence-corrected chi connectivity index (χ3v) is 17.7. The van der Waals surface area contributed by atoms with Crippen LogP contribution in [0.2, 0.25) is 0 Å². The van der Waals surface area contributed by atoms with Gasteiger partial charge in [0.05, 0.1) is 28.0 Å². The van der Waals surface area contributed by atoms with E-state index in [1.807, 2.05) is 6.20 Å². The van der Waals surface area contributed by atoms with Crippen molar-refractivity contribution in [2.45, 2.75) is 121 Å². The lowest BCUT2D eigenvalue weighted by atomic mass is 9.42. The van der Waals surface area contributed by atoms with Gasteiger partial charge in [-0.25, -0.2) is 4.98 Å². The number of hydrogen-bond donors (Lipinski definition) is 1. The molecule has 0 unspecified atom stereocenters. The van der Waals surface area contributed by atoms with E-state index in [9.17, 15) is 5.11 Å². The van der Waals surface area contributed by atoms with Crippen LogP contribution in [0.4, 0.5) is 0 Å². The highest BCUT2D eigenvalue weighted by molar-refractivity contribution is 5.98.